The van der Waals surface area contributed by atoms with Crippen molar-refractivity contribution in [1.82, 2.24) is 19.3 Å². The zero-order valence-corrected chi connectivity index (χ0v) is 15.5. The van der Waals surface area contributed by atoms with Gasteiger partial charge in [-0.1, -0.05) is 23.4 Å². The predicted molar refractivity (Wildman–Crippen MR) is 103 cm³/mol. The Kier molecular flexibility index (Phi) is 4.52. The Bertz CT molecular complexity index is 1200. The molecule has 0 saturated heterocycles. The van der Waals surface area contributed by atoms with Gasteiger partial charge in [0.05, 0.1) is 18.7 Å². The molecular weight excluding hydrogens is 358 g/mol. The van der Waals surface area contributed by atoms with Crippen LogP contribution in [0.25, 0.3) is 5.65 Å². The molecule has 0 radical (unpaired) electrons. The van der Waals surface area contributed by atoms with Crippen molar-refractivity contribution >= 4 is 17.2 Å². The quantitative estimate of drug-likeness (QED) is 0.576. The van der Waals surface area contributed by atoms with E-state index in [0.29, 0.717) is 29.3 Å². The molecule has 8 nitrogen and oxygen atoms in total. The first-order valence-electron chi connectivity index (χ1n) is 8.86. The zero-order valence-electron chi connectivity index (χ0n) is 15.5. The Balaban J connectivity index is 1.50. The number of hydrogen-bond acceptors (Lipinski definition) is 5. The summed E-state index contributed by atoms with van der Waals surface area (Å²) in [6.07, 6.45) is 1.88. The molecule has 8 heteroatoms. The highest BCUT2D eigenvalue weighted by Crippen LogP contribution is 2.15. The van der Waals surface area contributed by atoms with Crippen LogP contribution in [0.2, 0.25) is 0 Å². The average molecular weight is 377 g/mol. The minimum absolute atomic E-state index is 0.156. The van der Waals surface area contributed by atoms with Gasteiger partial charge in [0.15, 0.2) is 5.65 Å². The molecule has 0 fully saturated rings. The van der Waals surface area contributed by atoms with Crippen molar-refractivity contribution in [3.8, 4) is 0 Å². The lowest BCUT2D eigenvalue weighted by molar-refractivity contribution is -0.115. The van der Waals surface area contributed by atoms with Crippen LogP contribution in [-0.2, 0) is 17.8 Å². The van der Waals surface area contributed by atoms with E-state index in [1.807, 2.05) is 31.2 Å². The smallest absolute Gasteiger partial charge is 0.350 e. The fourth-order valence-electron chi connectivity index (χ4n) is 3.11. The van der Waals surface area contributed by atoms with Crippen molar-refractivity contribution in [1.29, 1.82) is 0 Å². The molecule has 3 aromatic heterocycles. The number of carbonyl (C=O) groups is 1. The molecule has 1 N–H and O–H groups in total. The largest absolute Gasteiger partial charge is 0.361 e. The molecule has 0 aliphatic rings. The molecular formula is C20H19N5O3. The van der Waals surface area contributed by atoms with E-state index in [1.54, 1.807) is 31.3 Å². The average Bonchev–Trinajstić information content (AvgIpc) is 3.16. The van der Waals surface area contributed by atoms with Crippen molar-refractivity contribution in [3.05, 3.63) is 81.7 Å². The van der Waals surface area contributed by atoms with E-state index in [1.165, 1.54) is 9.08 Å². The number of rotatable bonds is 5. The Labute approximate surface area is 160 Å². The third-order valence-corrected chi connectivity index (χ3v) is 4.55. The number of hydrogen-bond donors (Lipinski definition) is 1. The Morgan fingerprint density at radius 2 is 2.04 bits per heavy atom. The summed E-state index contributed by atoms with van der Waals surface area (Å²) in [6.45, 7) is 3.91. The molecule has 4 aromatic rings. The normalized spacial score (nSPS) is 11.1. The van der Waals surface area contributed by atoms with Crippen LogP contribution in [0.15, 0.2) is 58.0 Å². The third-order valence-electron chi connectivity index (χ3n) is 4.55. The summed E-state index contributed by atoms with van der Waals surface area (Å²) in [5, 5.41) is 11.1. The molecule has 0 saturated carbocycles. The maximum Gasteiger partial charge on any atom is 0.350 e. The van der Waals surface area contributed by atoms with E-state index in [0.717, 1.165) is 11.1 Å². The minimum atomic E-state index is -0.205. The van der Waals surface area contributed by atoms with Gasteiger partial charge in [-0.2, -0.15) is 0 Å². The summed E-state index contributed by atoms with van der Waals surface area (Å²) in [5.74, 6) is 0.490. The molecule has 3 heterocycles. The number of pyridine rings is 1. The van der Waals surface area contributed by atoms with Crippen LogP contribution in [0, 0.1) is 13.8 Å². The first-order valence-corrected chi connectivity index (χ1v) is 8.86. The van der Waals surface area contributed by atoms with Gasteiger partial charge in [-0.25, -0.2) is 9.48 Å². The number of nitrogens with zero attached hydrogens (tertiary/aromatic N) is 4. The standard InChI is InChI=1S/C20H19N5O3/c1-13-17(14(2)28-23-13)11-19(26)21-16-7-5-6-15(10-16)12-25-20(27)24-9-4-3-8-18(24)22-25/h3-10H,11-12H2,1-2H3,(H,21,26). The fraction of sp³-hybridized carbons (Fsp3) is 0.200. The van der Waals surface area contributed by atoms with Gasteiger partial charge in [0.25, 0.3) is 0 Å². The lowest BCUT2D eigenvalue weighted by atomic mass is 10.1. The van der Waals surface area contributed by atoms with Crippen molar-refractivity contribution in [2.24, 2.45) is 0 Å². The summed E-state index contributed by atoms with van der Waals surface area (Å²) in [4.78, 5) is 24.8. The first kappa shape index (κ1) is 17.7. The third kappa shape index (κ3) is 3.44. The highest BCUT2D eigenvalue weighted by molar-refractivity contribution is 5.92. The molecule has 1 amide bonds. The van der Waals surface area contributed by atoms with Gasteiger partial charge in [0, 0.05) is 17.4 Å². The van der Waals surface area contributed by atoms with Crippen LogP contribution >= 0.6 is 0 Å². The minimum Gasteiger partial charge on any atom is -0.361 e. The number of amides is 1. The Morgan fingerprint density at radius 3 is 2.79 bits per heavy atom. The highest BCUT2D eigenvalue weighted by atomic mass is 16.5. The number of nitrogens with one attached hydrogen (secondary N) is 1. The molecule has 0 atom stereocenters. The number of benzene rings is 1. The zero-order chi connectivity index (χ0) is 19.7. The van der Waals surface area contributed by atoms with Crippen LogP contribution in [-0.4, -0.2) is 25.2 Å². The number of anilines is 1. The lowest BCUT2D eigenvalue weighted by Gasteiger charge is -2.07. The van der Waals surface area contributed by atoms with E-state index in [-0.39, 0.29) is 18.0 Å². The summed E-state index contributed by atoms with van der Waals surface area (Å²) < 4.78 is 7.99. The monoisotopic (exact) mass is 377 g/mol. The van der Waals surface area contributed by atoms with E-state index in [2.05, 4.69) is 15.6 Å². The molecule has 0 spiro atoms. The van der Waals surface area contributed by atoms with E-state index in [4.69, 9.17) is 4.52 Å². The predicted octanol–water partition coefficient (Wildman–Crippen LogP) is 2.33. The molecule has 0 aliphatic heterocycles. The molecule has 0 aliphatic carbocycles. The Morgan fingerprint density at radius 1 is 1.18 bits per heavy atom. The summed E-state index contributed by atoms with van der Waals surface area (Å²) in [6, 6.07) is 12.8. The SMILES string of the molecule is Cc1noc(C)c1CC(=O)Nc1cccc(Cn2nc3ccccn3c2=O)c1. The van der Waals surface area contributed by atoms with Gasteiger partial charge in [-0.15, -0.1) is 5.10 Å². The second kappa shape index (κ2) is 7.15. The van der Waals surface area contributed by atoms with Crippen LogP contribution < -0.4 is 11.0 Å². The summed E-state index contributed by atoms with van der Waals surface area (Å²) in [7, 11) is 0. The fourth-order valence-corrected chi connectivity index (χ4v) is 3.11. The maximum absolute atomic E-state index is 12.4. The maximum atomic E-state index is 12.4. The first-order chi connectivity index (χ1) is 13.5. The van der Waals surface area contributed by atoms with Gasteiger partial charge >= 0.3 is 5.69 Å². The molecule has 142 valence electrons. The number of aromatic nitrogens is 4. The van der Waals surface area contributed by atoms with Gasteiger partial charge in [-0.3, -0.25) is 9.20 Å². The van der Waals surface area contributed by atoms with Crippen molar-refractivity contribution < 1.29 is 9.32 Å². The van der Waals surface area contributed by atoms with Crippen LogP contribution in [0.1, 0.15) is 22.6 Å². The van der Waals surface area contributed by atoms with Gasteiger partial charge in [0.1, 0.15) is 5.76 Å². The van der Waals surface area contributed by atoms with Gasteiger partial charge < -0.3 is 9.84 Å². The number of fused-ring (bicyclic) bond motifs is 1. The van der Waals surface area contributed by atoms with Crippen molar-refractivity contribution in [3.63, 3.8) is 0 Å². The Hall–Kier alpha value is -3.68. The van der Waals surface area contributed by atoms with Crippen molar-refractivity contribution in [2.45, 2.75) is 26.8 Å². The molecule has 0 unspecified atom stereocenters. The molecule has 4 rings (SSSR count). The second-order valence-electron chi connectivity index (χ2n) is 6.60. The second-order valence-corrected chi connectivity index (χ2v) is 6.60. The van der Waals surface area contributed by atoms with Crippen molar-refractivity contribution in [2.75, 3.05) is 5.32 Å². The van der Waals surface area contributed by atoms with E-state index in [9.17, 15) is 9.59 Å². The van der Waals surface area contributed by atoms with E-state index < -0.39 is 0 Å². The number of aryl methyl sites for hydroxylation is 2. The highest BCUT2D eigenvalue weighted by Gasteiger charge is 2.14. The van der Waals surface area contributed by atoms with Gasteiger partial charge in [0.2, 0.25) is 5.91 Å². The molecule has 28 heavy (non-hydrogen) atoms. The topological polar surface area (TPSA) is 94.4 Å². The lowest BCUT2D eigenvalue weighted by Crippen LogP contribution is -2.21. The molecule has 1 aromatic carbocycles. The summed E-state index contributed by atoms with van der Waals surface area (Å²) in [5.41, 5.74) is 3.42. The van der Waals surface area contributed by atoms with Crippen LogP contribution in [0.3, 0.4) is 0 Å². The number of carbonyl (C=O) groups excluding carboxylic acids is 1. The van der Waals surface area contributed by atoms with Gasteiger partial charge in [-0.05, 0) is 43.7 Å². The summed E-state index contributed by atoms with van der Waals surface area (Å²) >= 11 is 0. The van der Waals surface area contributed by atoms with Crippen LogP contribution in [0.4, 0.5) is 5.69 Å². The molecule has 0 bridgehead atoms. The van der Waals surface area contributed by atoms with E-state index >= 15 is 0 Å². The van der Waals surface area contributed by atoms with Crippen LogP contribution in [0.5, 0.6) is 0 Å².